The summed E-state index contributed by atoms with van der Waals surface area (Å²) in [5.74, 6) is -0.159. The van der Waals surface area contributed by atoms with Crippen molar-refractivity contribution in [3.63, 3.8) is 0 Å². The van der Waals surface area contributed by atoms with Crippen LogP contribution < -0.4 is 0 Å². The first-order chi connectivity index (χ1) is 11.1. The number of hydrogen-bond acceptors (Lipinski definition) is 6. The zero-order valence-corrected chi connectivity index (χ0v) is 15.2. The molecule has 9 heteroatoms. The molecular weight excluding hydrogens is 333 g/mol. The second kappa shape index (κ2) is 7.13. The number of likely N-dealkylation sites (tertiary alicyclic amines) is 1. The minimum Gasteiger partial charge on any atom is -0.480 e. The number of rotatable bonds is 5. The van der Waals surface area contributed by atoms with E-state index in [9.17, 15) is 14.7 Å². The van der Waals surface area contributed by atoms with E-state index in [-0.39, 0.29) is 11.6 Å². The smallest absolute Gasteiger partial charge is 0.451 e. The van der Waals surface area contributed by atoms with Gasteiger partial charge in [-0.05, 0) is 45.7 Å². The summed E-state index contributed by atoms with van der Waals surface area (Å²) < 4.78 is 5.39. The normalized spacial score (nSPS) is 29.5. The number of nitrogens with zero attached hydrogens (tertiary/aromatic N) is 1. The summed E-state index contributed by atoms with van der Waals surface area (Å²) in [7, 11) is -1.39. The van der Waals surface area contributed by atoms with Crippen molar-refractivity contribution in [2.45, 2.75) is 63.2 Å². The van der Waals surface area contributed by atoms with E-state index in [1.165, 1.54) is 4.90 Å². The van der Waals surface area contributed by atoms with Crippen molar-refractivity contribution in [2.24, 2.45) is 5.41 Å². The number of hydrogen-bond donors (Lipinski definition) is 3. The lowest BCUT2D eigenvalue weighted by Crippen LogP contribution is -2.49. The number of carbonyl (C=O) groups is 2. The number of carboxylic acid groups (broad SMARTS) is 1. The average Bonchev–Trinajstić information content (AvgIpc) is 2.90. The Morgan fingerprint density at radius 2 is 2.04 bits per heavy atom. The first kappa shape index (κ1) is 19.4. The van der Waals surface area contributed by atoms with Gasteiger partial charge >= 0.3 is 19.2 Å². The third kappa shape index (κ3) is 4.00. The highest BCUT2D eigenvalue weighted by molar-refractivity contribution is 8.00. The Balaban J connectivity index is 2.21. The monoisotopic (exact) mass is 359 g/mol. The van der Waals surface area contributed by atoms with Crippen LogP contribution in [-0.2, 0) is 9.53 Å². The summed E-state index contributed by atoms with van der Waals surface area (Å²) in [6, 6.07) is -0.928. The Hall–Kier alpha value is -0.925. The van der Waals surface area contributed by atoms with Crippen molar-refractivity contribution in [3.05, 3.63) is 0 Å². The maximum Gasteiger partial charge on any atom is 0.451 e. The minimum atomic E-state index is -1.39. The van der Waals surface area contributed by atoms with Gasteiger partial charge in [0.2, 0.25) is 0 Å². The van der Waals surface area contributed by atoms with E-state index in [0.29, 0.717) is 25.8 Å². The Bertz CT molecular complexity index is 497. The summed E-state index contributed by atoms with van der Waals surface area (Å²) in [5, 5.41) is 28.0. The third-order valence-corrected chi connectivity index (χ3v) is 6.17. The summed E-state index contributed by atoms with van der Waals surface area (Å²) in [6.45, 7) is 5.62. The lowest BCUT2D eigenvalue weighted by Gasteiger charge is -2.35. The predicted octanol–water partition coefficient (Wildman–Crippen LogP) is 1.44. The third-order valence-electron chi connectivity index (χ3n) is 4.71. The Morgan fingerprint density at radius 1 is 1.38 bits per heavy atom. The average molecular weight is 359 g/mol. The Kier molecular flexibility index (Phi) is 5.77. The molecule has 0 aromatic heterocycles. The highest BCUT2D eigenvalue weighted by atomic mass is 32.2. The molecule has 0 aliphatic carbocycles. The minimum absolute atomic E-state index is 0.0435. The summed E-state index contributed by atoms with van der Waals surface area (Å²) in [5.41, 5.74) is -1.21. The van der Waals surface area contributed by atoms with Gasteiger partial charge in [-0.15, -0.1) is 0 Å². The van der Waals surface area contributed by atoms with E-state index in [4.69, 9.17) is 14.8 Å². The van der Waals surface area contributed by atoms with Gasteiger partial charge in [0, 0.05) is 17.2 Å². The van der Waals surface area contributed by atoms with Crippen molar-refractivity contribution in [2.75, 3.05) is 12.3 Å². The molecule has 3 N–H and O–H groups in total. The van der Waals surface area contributed by atoms with Crippen LogP contribution in [0.3, 0.4) is 0 Å². The maximum atomic E-state index is 12.5. The molecule has 0 aromatic carbocycles. The zero-order valence-electron chi connectivity index (χ0n) is 14.4. The second-order valence-electron chi connectivity index (χ2n) is 7.59. The van der Waals surface area contributed by atoms with Crippen LogP contribution in [0.4, 0.5) is 4.79 Å². The molecule has 0 saturated carbocycles. The fraction of sp³-hybridized carbons (Fsp3) is 0.867. The van der Waals surface area contributed by atoms with Crippen molar-refractivity contribution < 1.29 is 29.5 Å². The Labute approximate surface area is 146 Å². The van der Waals surface area contributed by atoms with Crippen molar-refractivity contribution in [1.29, 1.82) is 0 Å². The van der Waals surface area contributed by atoms with E-state index < -0.39 is 36.2 Å². The van der Waals surface area contributed by atoms with Crippen LogP contribution in [0.25, 0.3) is 0 Å². The molecule has 2 saturated heterocycles. The number of fused-ring (bicyclic) bond motifs is 1. The molecule has 2 rings (SSSR count). The number of aliphatic carboxylic acids is 1. The molecule has 7 nitrogen and oxygen atoms in total. The van der Waals surface area contributed by atoms with Gasteiger partial charge in [0.1, 0.15) is 11.6 Å². The van der Waals surface area contributed by atoms with E-state index in [1.807, 2.05) is 0 Å². The molecule has 3 atom stereocenters. The number of carboxylic acids is 1. The van der Waals surface area contributed by atoms with Gasteiger partial charge in [-0.3, -0.25) is 4.90 Å². The second-order valence-corrected chi connectivity index (χ2v) is 8.90. The van der Waals surface area contributed by atoms with Crippen LogP contribution >= 0.6 is 11.8 Å². The largest absolute Gasteiger partial charge is 0.480 e. The molecule has 2 aliphatic heterocycles. The lowest BCUT2D eigenvalue weighted by molar-refractivity contribution is -0.145. The van der Waals surface area contributed by atoms with E-state index in [0.717, 1.165) is 5.75 Å². The van der Waals surface area contributed by atoms with Crippen molar-refractivity contribution >= 4 is 30.9 Å². The van der Waals surface area contributed by atoms with Gasteiger partial charge in [-0.25, -0.2) is 9.59 Å². The zero-order chi connectivity index (χ0) is 18.1. The molecule has 0 spiro atoms. The van der Waals surface area contributed by atoms with Crippen LogP contribution in [0.1, 0.15) is 40.0 Å². The topological polar surface area (TPSA) is 107 Å². The van der Waals surface area contributed by atoms with E-state index >= 15 is 0 Å². The van der Waals surface area contributed by atoms with Crippen LogP contribution in [0.5, 0.6) is 0 Å². The predicted molar refractivity (Wildman–Crippen MR) is 91.9 cm³/mol. The van der Waals surface area contributed by atoms with Crippen LogP contribution in [-0.4, -0.2) is 68.4 Å². The van der Waals surface area contributed by atoms with Crippen LogP contribution in [0.15, 0.2) is 0 Å². The number of thioether (sulfide) groups is 1. The SMILES string of the molecule is CC(C)(C)OC(=O)N1C[C@@H]2SCC[C@]2(CCCB(O)O)[C@H]1C(=O)O. The molecule has 1 amide bonds. The van der Waals surface area contributed by atoms with Gasteiger partial charge in [0.25, 0.3) is 0 Å². The molecule has 24 heavy (non-hydrogen) atoms. The first-order valence-corrected chi connectivity index (χ1v) is 9.32. The van der Waals surface area contributed by atoms with E-state index in [2.05, 4.69) is 0 Å². The maximum absolute atomic E-state index is 12.5. The fourth-order valence-corrected chi connectivity index (χ4v) is 5.52. The molecule has 0 aromatic rings. The standard InChI is InChI=1S/C15H26BNO6S/c1-14(2,3)23-13(20)17-9-10-15(6-8-24-10,11(17)12(18)19)5-4-7-16(21)22/h10-11,21-22H,4-9H2,1-3H3,(H,18,19)/t10-,11+,15-/m0/s1. The number of ether oxygens (including phenoxy) is 1. The molecule has 0 radical (unpaired) electrons. The molecule has 0 unspecified atom stereocenters. The van der Waals surface area contributed by atoms with Crippen molar-refractivity contribution in [1.82, 2.24) is 4.90 Å². The first-order valence-electron chi connectivity index (χ1n) is 8.27. The number of amides is 1. The Morgan fingerprint density at radius 3 is 2.58 bits per heavy atom. The molecule has 2 heterocycles. The summed E-state index contributed by atoms with van der Waals surface area (Å²) in [6.07, 6.45) is 1.39. The molecule has 2 fully saturated rings. The highest BCUT2D eigenvalue weighted by Crippen LogP contribution is 2.55. The number of carbonyl (C=O) groups excluding carboxylic acids is 1. The molecule has 0 bridgehead atoms. The summed E-state index contributed by atoms with van der Waals surface area (Å²) in [4.78, 5) is 25.8. The van der Waals surface area contributed by atoms with Gasteiger partial charge in [-0.2, -0.15) is 11.8 Å². The highest BCUT2D eigenvalue weighted by Gasteiger charge is 2.61. The van der Waals surface area contributed by atoms with Gasteiger partial charge in [0.05, 0.1) is 0 Å². The van der Waals surface area contributed by atoms with Crippen molar-refractivity contribution in [3.8, 4) is 0 Å². The van der Waals surface area contributed by atoms with E-state index in [1.54, 1.807) is 32.5 Å². The van der Waals surface area contributed by atoms with Crippen LogP contribution in [0, 0.1) is 5.41 Å². The van der Waals surface area contributed by atoms with Crippen LogP contribution in [0.2, 0.25) is 6.32 Å². The summed E-state index contributed by atoms with van der Waals surface area (Å²) >= 11 is 1.69. The lowest BCUT2D eigenvalue weighted by atomic mass is 9.71. The molecule has 136 valence electrons. The molecular formula is C15H26BNO6S. The quantitative estimate of drug-likeness (QED) is 0.638. The molecule has 2 aliphatic rings. The fourth-order valence-electron chi connectivity index (χ4n) is 3.78. The van der Waals surface area contributed by atoms with Gasteiger partial charge in [-0.1, -0.05) is 6.42 Å². The van der Waals surface area contributed by atoms with Gasteiger partial charge in [0.15, 0.2) is 0 Å². The van der Waals surface area contributed by atoms with Gasteiger partial charge < -0.3 is 19.9 Å².